The number of likely N-dealkylation sites (N-methyl/N-ethyl adjacent to an activating group) is 1. The Morgan fingerprint density at radius 3 is 2.45 bits per heavy atom. The summed E-state index contributed by atoms with van der Waals surface area (Å²) in [5.74, 6) is 0.874. The number of morpholine rings is 1. The normalized spacial score (nSPS) is 16.7. The van der Waals surface area contributed by atoms with E-state index in [1.54, 1.807) is 13.3 Å². The Balaban J connectivity index is 1.27. The van der Waals surface area contributed by atoms with Crippen LogP contribution in [0.15, 0.2) is 54.9 Å². The third-order valence-electron chi connectivity index (χ3n) is 7.44. The maximum Gasteiger partial charge on any atom is 0.254 e. The third kappa shape index (κ3) is 4.70. The number of methoxy groups -OCH3 is 1. The predicted molar refractivity (Wildman–Crippen MR) is 148 cm³/mol. The first kappa shape index (κ1) is 24.4. The summed E-state index contributed by atoms with van der Waals surface area (Å²) < 4.78 is 11.1. The lowest BCUT2D eigenvalue weighted by Crippen LogP contribution is -2.44. The van der Waals surface area contributed by atoms with E-state index in [1.165, 1.54) is 0 Å². The van der Waals surface area contributed by atoms with E-state index < -0.39 is 0 Å². The van der Waals surface area contributed by atoms with Crippen LogP contribution in [0.2, 0.25) is 0 Å². The highest BCUT2D eigenvalue weighted by Crippen LogP contribution is 2.34. The van der Waals surface area contributed by atoms with Crippen molar-refractivity contribution >= 4 is 22.8 Å². The third-order valence-corrected chi connectivity index (χ3v) is 7.44. The number of carbonyl (C=O) groups is 1. The van der Waals surface area contributed by atoms with E-state index in [0.29, 0.717) is 31.9 Å². The Labute approximate surface area is 222 Å². The Morgan fingerprint density at radius 1 is 0.974 bits per heavy atom. The van der Waals surface area contributed by atoms with Gasteiger partial charge in [-0.05, 0) is 36.9 Å². The molecule has 2 aromatic carbocycles. The molecule has 0 aliphatic carbocycles. The predicted octanol–water partition coefficient (Wildman–Crippen LogP) is 3.52. The molecule has 38 heavy (non-hydrogen) atoms. The van der Waals surface area contributed by atoms with Crippen molar-refractivity contribution in [3.8, 4) is 28.1 Å². The quantitative estimate of drug-likeness (QED) is 0.438. The highest BCUT2D eigenvalue weighted by Gasteiger charge is 2.20. The van der Waals surface area contributed by atoms with Gasteiger partial charge in [0.15, 0.2) is 5.65 Å². The minimum atomic E-state index is 0.0369. The van der Waals surface area contributed by atoms with Gasteiger partial charge in [-0.3, -0.25) is 4.79 Å². The van der Waals surface area contributed by atoms with Gasteiger partial charge in [0.1, 0.15) is 11.3 Å². The summed E-state index contributed by atoms with van der Waals surface area (Å²) in [5.41, 5.74) is 6.94. The van der Waals surface area contributed by atoms with Crippen LogP contribution in [0.3, 0.4) is 0 Å². The van der Waals surface area contributed by atoms with Crippen molar-refractivity contribution in [2.24, 2.45) is 0 Å². The molecule has 2 saturated heterocycles. The smallest absolute Gasteiger partial charge is 0.254 e. The molecule has 0 radical (unpaired) electrons. The monoisotopic (exact) mass is 512 g/mol. The summed E-state index contributed by atoms with van der Waals surface area (Å²) in [6.45, 7) is 6.45. The molecular weight excluding hydrogens is 480 g/mol. The van der Waals surface area contributed by atoms with E-state index in [-0.39, 0.29) is 5.91 Å². The number of fused-ring (bicyclic) bond motifs is 1. The molecule has 0 bridgehead atoms. The number of aromatic amines is 1. The molecule has 0 atom stereocenters. The van der Waals surface area contributed by atoms with Gasteiger partial charge in [-0.15, -0.1) is 0 Å². The molecule has 0 unspecified atom stereocenters. The molecule has 196 valence electrons. The molecule has 4 heterocycles. The minimum absolute atomic E-state index is 0.0369. The van der Waals surface area contributed by atoms with Gasteiger partial charge >= 0.3 is 0 Å². The van der Waals surface area contributed by atoms with Gasteiger partial charge in [0.2, 0.25) is 0 Å². The number of nitrogens with zero attached hydrogens (tertiary/aromatic N) is 5. The molecule has 0 saturated carbocycles. The molecule has 9 nitrogen and oxygen atoms in total. The zero-order valence-corrected chi connectivity index (χ0v) is 21.8. The number of hydrogen-bond acceptors (Lipinski definition) is 7. The van der Waals surface area contributed by atoms with E-state index >= 15 is 0 Å². The molecule has 2 aliphatic rings. The van der Waals surface area contributed by atoms with Crippen LogP contribution in [0, 0.1) is 0 Å². The van der Waals surface area contributed by atoms with Crippen LogP contribution in [-0.4, -0.2) is 97.3 Å². The first-order valence-electron chi connectivity index (χ1n) is 13.0. The zero-order chi connectivity index (χ0) is 26.1. The summed E-state index contributed by atoms with van der Waals surface area (Å²) in [7, 11) is 3.87. The van der Waals surface area contributed by atoms with Crippen molar-refractivity contribution in [2.45, 2.75) is 0 Å². The number of anilines is 1. The number of amides is 1. The number of benzene rings is 2. The molecule has 2 fully saturated rings. The first-order valence-corrected chi connectivity index (χ1v) is 13.0. The van der Waals surface area contributed by atoms with Crippen molar-refractivity contribution in [1.29, 1.82) is 0 Å². The van der Waals surface area contributed by atoms with Crippen molar-refractivity contribution in [3.05, 3.63) is 60.4 Å². The summed E-state index contributed by atoms with van der Waals surface area (Å²) in [6.07, 6.45) is 3.71. The summed E-state index contributed by atoms with van der Waals surface area (Å²) in [4.78, 5) is 32.2. The zero-order valence-electron chi connectivity index (χ0n) is 21.8. The van der Waals surface area contributed by atoms with Gasteiger partial charge in [-0.2, -0.15) is 0 Å². The maximum absolute atomic E-state index is 12.8. The van der Waals surface area contributed by atoms with Crippen LogP contribution >= 0.6 is 0 Å². The van der Waals surface area contributed by atoms with Gasteiger partial charge in [0, 0.05) is 62.2 Å². The lowest BCUT2D eigenvalue weighted by Gasteiger charge is -2.34. The first-order chi connectivity index (χ1) is 18.6. The van der Waals surface area contributed by atoms with Crippen molar-refractivity contribution in [3.63, 3.8) is 0 Å². The van der Waals surface area contributed by atoms with Gasteiger partial charge < -0.3 is 29.2 Å². The summed E-state index contributed by atoms with van der Waals surface area (Å²) >= 11 is 0. The van der Waals surface area contributed by atoms with Crippen LogP contribution in [0.1, 0.15) is 10.4 Å². The van der Waals surface area contributed by atoms with Gasteiger partial charge in [0.25, 0.3) is 5.91 Å². The summed E-state index contributed by atoms with van der Waals surface area (Å²) in [5, 5.41) is 0. The standard InChI is InChI=1S/C29H32N6O3/c1-33-9-11-34(12-10-33)25-8-7-22(17-26(25)37-2)24-19-31-28-27(32-24)23(18-30-28)20-3-5-21(6-4-20)29(36)35-13-15-38-16-14-35/h3-8,17-19H,9-16H2,1-2H3,(H,30,31). The molecule has 4 aromatic rings. The Morgan fingerprint density at radius 2 is 1.71 bits per heavy atom. The van der Waals surface area contributed by atoms with Crippen LogP contribution < -0.4 is 9.64 Å². The van der Waals surface area contributed by atoms with E-state index in [2.05, 4.69) is 38.9 Å². The number of aromatic nitrogens is 3. The van der Waals surface area contributed by atoms with Crippen LogP contribution in [-0.2, 0) is 4.74 Å². The summed E-state index contributed by atoms with van der Waals surface area (Å²) in [6, 6.07) is 14.0. The number of ether oxygens (including phenoxy) is 2. The maximum atomic E-state index is 12.8. The second kappa shape index (κ2) is 10.4. The van der Waals surface area contributed by atoms with E-state index in [0.717, 1.165) is 71.2 Å². The number of carbonyl (C=O) groups excluding carboxylic acids is 1. The fourth-order valence-electron chi connectivity index (χ4n) is 5.14. The Kier molecular flexibility index (Phi) is 6.70. The highest BCUT2D eigenvalue weighted by atomic mass is 16.5. The highest BCUT2D eigenvalue weighted by molar-refractivity contribution is 5.96. The number of hydrogen-bond donors (Lipinski definition) is 1. The fraction of sp³-hybridized carbons (Fsp3) is 0.345. The fourth-order valence-corrected chi connectivity index (χ4v) is 5.14. The number of piperazine rings is 1. The topological polar surface area (TPSA) is 86.8 Å². The molecule has 2 aliphatic heterocycles. The molecular formula is C29H32N6O3. The number of H-pyrrole nitrogens is 1. The SMILES string of the molecule is COc1cc(-c2cnc3[nH]cc(-c4ccc(C(=O)N5CCOCC5)cc4)c3n2)ccc1N1CCN(C)CC1. The number of rotatable bonds is 5. The average Bonchev–Trinajstić information content (AvgIpc) is 3.41. The van der Waals surface area contributed by atoms with Crippen molar-refractivity contribution < 1.29 is 14.3 Å². The van der Waals surface area contributed by atoms with E-state index in [4.69, 9.17) is 14.5 Å². The second-order valence-corrected chi connectivity index (χ2v) is 9.81. The van der Waals surface area contributed by atoms with Gasteiger partial charge in [-0.25, -0.2) is 9.97 Å². The lowest BCUT2D eigenvalue weighted by molar-refractivity contribution is 0.0303. The van der Waals surface area contributed by atoms with Crippen LogP contribution in [0.4, 0.5) is 5.69 Å². The largest absolute Gasteiger partial charge is 0.495 e. The van der Waals surface area contributed by atoms with Crippen LogP contribution in [0.5, 0.6) is 5.75 Å². The molecule has 1 N–H and O–H groups in total. The Hall–Kier alpha value is -3.95. The van der Waals surface area contributed by atoms with E-state index in [9.17, 15) is 4.79 Å². The van der Waals surface area contributed by atoms with Crippen LogP contribution in [0.25, 0.3) is 33.5 Å². The van der Waals surface area contributed by atoms with Crippen molar-refractivity contribution in [1.82, 2.24) is 24.8 Å². The van der Waals surface area contributed by atoms with Gasteiger partial charge in [0.05, 0.1) is 37.9 Å². The number of nitrogens with one attached hydrogen (secondary N) is 1. The van der Waals surface area contributed by atoms with E-state index in [1.807, 2.05) is 41.4 Å². The molecule has 0 spiro atoms. The Bertz CT molecular complexity index is 1440. The minimum Gasteiger partial charge on any atom is -0.495 e. The molecule has 1 amide bonds. The molecule has 6 rings (SSSR count). The van der Waals surface area contributed by atoms with Gasteiger partial charge in [-0.1, -0.05) is 18.2 Å². The second-order valence-electron chi connectivity index (χ2n) is 9.81. The molecule has 9 heteroatoms. The molecule has 2 aromatic heterocycles. The van der Waals surface area contributed by atoms with Crippen molar-refractivity contribution in [2.75, 3.05) is 71.5 Å². The average molecular weight is 513 g/mol. The lowest BCUT2D eigenvalue weighted by atomic mass is 10.0.